The molecule has 0 spiro atoms. The molecular formula is C25H30N4O3. The van der Waals surface area contributed by atoms with Crippen molar-refractivity contribution in [1.82, 2.24) is 19.8 Å². The van der Waals surface area contributed by atoms with Gasteiger partial charge in [-0.3, -0.25) is 19.1 Å². The standard InChI is InChI=1S/C25H30N4O3/c1-32-20-9-6-8-19(16-20)23(28-13-4-5-14-28)17-26-24(30)12-7-15-29-18-27-22-11-3-2-10-21(22)25(29)31/h2-3,6,8-11,16,18,23H,4-5,7,12-15,17H2,1H3,(H,26,30). The third kappa shape index (κ3) is 5.16. The van der Waals surface area contributed by atoms with Crippen LogP contribution in [0.3, 0.4) is 0 Å². The number of amides is 1. The largest absolute Gasteiger partial charge is 0.497 e. The highest BCUT2D eigenvalue weighted by Gasteiger charge is 2.24. The van der Waals surface area contributed by atoms with Crippen molar-refractivity contribution >= 4 is 16.8 Å². The lowest BCUT2D eigenvalue weighted by Gasteiger charge is -2.28. The van der Waals surface area contributed by atoms with Gasteiger partial charge >= 0.3 is 0 Å². The zero-order chi connectivity index (χ0) is 22.3. The van der Waals surface area contributed by atoms with E-state index in [0.29, 0.717) is 36.8 Å². The van der Waals surface area contributed by atoms with E-state index >= 15 is 0 Å². The summed E-state index contributed by atoms with van der Waals surface area (Å²) in [6.07, 6.45) is 4.88. The van der Waals surface area contributed by atoms with Crippen LogP contribution in [0, 0.1) is 0 Å². The molecule has 168 valence electrons. The van der Waals surface area contributed by atoms with Gasteiger partial charge in [0, 0.05) is 19.5 Å². The van der Waals surface area contributed by atoms with Gasteiger partial charge in [0.2, 0.25) is 5.91 Å². The van der Waals surface area contributed by atoms with Gasteiger partial charge < -0.3 is 10.1 Å². The Balaban J connectivity index is 1.33. The summed E-state index contributed by atoms with van der Waals surface area (Å²) in [6, 6.07) is 15.5. The topological polar surface area (TPSA) is 76.5 Å². The first-order chi connectivity index (χ1) is 15.7. The van der Waals surface area contributed by atoms with E-state index in [1.807, 2.05) is 36.4 Å². The van der Waals surface area contributed by atoms with Gasteiger partial charge in [-0.25, -0.2) is 4.98 Å². The van der Waals surface area contributed by atoms with E-state index in [0.717, 1.165) is 24.4 Å². The van der Waals surface area contributed by atoms with Crippen molar-refractivity contribution in [2.75, 3.05) is 26.7 Å². The van der Waals surface area contributed by atoms with Crippen LogP contribution >= 0.6 is 0 Å². The molecule has 2 heterocycles. The SMILES string of the molecule is COc1cccc(C(CNC(=O)CCCn2cnc3ccccc3c2=O)N2CCCC2)c1. The van der Waals surface area contributed by atoms with Crippen LogP contribution < -0.4 is 15.6 Å². The molecule has 0 bridgehead atoms. The van der Waals surface area contributed by atoms with E-state index in [9.17, 15) is 9.59 Å². The summed E-state index contributed by atoms with van der Waals surface area (Å²) in [6.45, 7) is 3.10. The molecule has 7 nitrogen and oxygen atoms in total. The summed E-state index contributed by atoms with van der Waals surface area (Å²) in [7, 11) is 1.67. The molecule has 1 atom stereocenters. The van der Waals surface area contributed by atoms with Gasteiger partial charge in [-0.2, -0.15) is 0 Å². The Morgan fingerprint density at radius 3 is 2.78 bits per heavy atom. The first kappa shape index (κ1) is 22.0. The summed E-state index contributed by atoms with van der Waals surface area (Å²) in [5.74, 6) is 0.825. The highest BCUT2D eigenvalue weighted by atomic mass is 16.5. The molecule has 2 aromatic carbocycles. The lowest BCUT2D eigenvalue weighted by atomic mass is 10.0. The monoisotopic (exact) mass is 434 g/mol. The van der Waals surface area contributed by atoms with Crippen LogP contribution in [0.1, 0.15) is 37.3 Å². The zero-order valence-corrected chi connectivity index (χ0v) is 18.5. The normalized spacial score (nSPS) is 15.0. The van der Waals surface area contributed by atoms with Crippen molar-refractivity contribution < 1.29 is 9.53 Å². The predicted octanol–water partition coefficient (Wildman–Crippen LogP) is 3.14. The van der Waals surface area contributed by atoms with Crippen molar-refractivity contribution in [2.24, 2.45) is 0 Å². The van der Waals surface area contributed by atoms with Crippen molar-refractivity contribution in [3.63, 3.8) is 0 Å². The third-order valence-corrected chi connectivity index (χ3v) is 6.09. The Kier molecular flexibility index (Phi) is 7.17. The molecule has 1 fully saturated rings. The molecule has 0 aliphatic carbocycles. The van der Waals surface area contributed by atoms with Crippen LogP contribution in [0.25, 0.3) is 10.9 Å². The van der Waals surface area contributed by atoms with Gasteiger partial charge in [-0.15, -0.1) is 0 Å². The van der Waals surface area contributed by atoms with Crippen LogP contribution in [0.15, 0.2) is 59.7 Å². The maximum atomic E-state index is 12.6. The molecule has 1 amide bonds. The number of carbonyl (C=O) groups excluding carboxylic acids is 1. The molecule has 0 saturated carbocycles. The van der Waals surface area contributed by atoms with Crippen molar-refractivity contribution in [3.05, 3.63) is 70.8 Å². The molecule has 3 aromatic rings. The molecule has 1 saturated heterocycles. The molecule has 7 heteroatoms. The van der Waals surface area contributed by atoms with Crippen LogP contribution in [0.4, 0.5) is 0 Å². The number of nitrogens with one attached hydrogen (secondary N) is 1. The second-order valence-corrected chi connectivity index (χ2v) is 8.20. The number of hydrogen-bond acceptors (Lipinski definition) is 5. The Bertz CT molecular complexity index is 1120. The first-order valence-corrected chi connectivity index (χ1v) is 11.2. The van der Waals surface area contributed by atoms with Gasteiger partial charge in [0.15, 0.2) is 0 Å². The number of methoxy groups -OCH3 is 1. The van der Waals surface area contributed by atoms with E-state index in [1.165, 1.54) is 12.8 Å². The van der Waals surface area contributed by atoms with Gasteiger partial charge in [0.25, 0.3) is 5.56 Å². The number of hydrogen-bond donors (Lipinski definition) is 1. The summed E-state index contributed by atoms with van der Waals surface area (Å²) >= 11 is 0. The number of ether oxygens (including phenoxy) is 1. The fourth-order valence-corrected chi connectivity index (χ4v) is 4.33. The van der Waals surface area contributed by atoms with Crippen molar-refractivity contribution in [2.45, 2.75) is 38.3 Å². The summed E-state index contributed by atoms with van der Waals surface area (Å²) < 4.78 is 6.97. The number of aryl methyl sites for hydroxylation is 1. The van der Waals surface area contributed by atoms with Crippen LogP contribution in [0.2, 0.25) is 0 Å². The molecule has 1 N–H and O–H groups in total. The van der Waals surface area contributed by atoms with Gasteiger partial charge in [0.05, 0.1) is 30.4 Å². The Morgan fingerprint density at radius 1 is 1.16 bits per heavy atom. The maximum absolute atomic E-state index is 12.6. The fourth-order valence-electron chi connectivity index (χ4n) is 4.33. The molecular weight excluding hydrogens is 404 g/mol. The maximum Gasteiger partial charge on any atom is 0.261 e. The highest BCUT2D eigenvalue weighted by molar-refractivity contribution is 5.77. The number of para-hydroxylation sites is 1. The van der Waals surface area contributed by atoms with Crippen LogP contribution in [-0.2, 0) is 11.3 Å². The Hall–Kier alpha value is -3.19. The Morgan fingerprint density at radius 2 is 1.97 bits per heavy atom. The van der Waals surface area contributed by atoms with Crippen molar-refractivity contribution in [1.29, 1.82) is 0 Å². The molecule has 4 rings (SSSR count). The molecule has 1 unspecified atom stereocenters. The van der Waals surface area contributed by atoms with Crippen LogP contribution in [-0.4, -0.2) is 47.1 Å². The summed E-state index contributed by atoms with van der Waals surface area (Å²) in [4.78, 5) is 31.9. The van der Waals surface area contributed by atoms with Gasteiger partial charge in [-0.1, -0.05) is 24.3 Å². The lowest BCUT2D eigenvalue weighted by Crippen LogP contribution is -2.36. The minimum atomic E-state index is -0.0665. The number of nitrogens with zero attached hydrogens (tertiary/aromatic N) is 3. The highest BCUT2D eigenvalue weighted by Crippen LogP contribution is 2.27. The lowest BCUT2D eigenvalue weighted by molar-refractivity contribution is -0.121. The van der Waals surface area contributed by atoms with E-state index in [1.54, 1.807) is 24.1 Å². The zero-order valence-electron chi connectivity index (χ0n) is 18.5. The summed E-state index contributed by atoms with van der Waals surface area (Å²) in [5.41, 5.74) is 1.78. The molecule has 0 radical (unpaired) electrons. The first-order valence-electron chi connectivity index (χ1n) is 11.2. The smallest absolute Gasteiger partial charge is 0.261 e. The van der Waals surface area contributed by atoms with Crippen molar-refractivity contribution in [3.8, 4) is 5.75 Å². The average molecular weight is 435 g/mol. The fraction of sp³-hybridized carbons (Fsp3) is 0.400. The Labute approximate surface area is 188 Å². The number of rotatable bonds is 9. The third-order valence-electron chi connectivity index (χ3n) is 6.09. The number of carbonyl (C=O) groups is 1. The average Bonchev–Trinajstić information content (AvgIpc) is 3.36. The van der Waals surface area contributed by atoms with E-state index in [-0.39, 0.29) is 17.5 Å². The second-order valence-electron chi connectivity index (χ2n) is 8.20. The molecule has 32 heavy (non-hydrogen) atoms. The van der Waals surface area contributed by atoms with Gasteiger partial charge in [-0.05, 0) is 62.2 Å². The van der Waals surface area contributed by atoms with Gasteiger partial charge in [0.1, 0.15) is 5.75 Å². The second kappa shape index (κ2) is 10.4. The number of fused-ring (bicyclic) bond motifs is 1. The number of benzene rings is 2. The molecule has 1 aliphatic heterocycles. The minimum absolute atomic E-state index is 0.00103. The van der Waals surface area contributed by atoms with E-state index in [2.05, 4.69) is 21.3 Å². The number of aromatic nitrogens is 2. The predicted molar refractivity (Wildman–Crippen MR) is 125 cm³/mol. The summed E-state index contributed by atoms with van der Waals surface area (Å²) in [5, 5.41) is 3.70. The molecule has 1 aromatic heterocycles. The number of likely N-dealkylation sites (tertiary alicyclic amines) is 1. The quantitative estimate of drug-likeness (QED) is 0.560. The van der Waals surface area contributed by atoms with Crippen LogP contribution in [0.5, 0.6) is 5.75 Å². The molecule has 1 aliphatic rings. The minimum Gasteiger partial charge on any atom is -0.497 e. The van der Waals surface area contributed by atoms with E-state index in [4.69, 9.17) is 4.74 Å². The van der Waals surface area contributed by atoms with E-state index < -0.39 is 0 Å².